The maximum atomic E-state index is 5.87. The molecule has 0 saturated heterocycles. The number of hydrogen-bond donors (Lipinski definition) is 1. The summed E-state index contributed by atoms with van der Waals surface area (Å²) in [7, 11) is 0. The second-order valence-corrected chi connectivity index (χ2v) is 5.03. The molecule has 0 spiro atoms. The Bertz CT molecular complexity index is 339. The minimum absolute atomic E-state index is 0.629. The molecule has 18 heavy (non-hydrogen) atoms. The van der Waals surface area contributed by atoms with Gasteiger partial charge in [-0.25, -0.2) is 0 Å². The molecule has 0 radical (unpaired) electrons. The van der Waals surface area contributed by atoms with Crippen LogP contribution in [-0.4, -0.2) is 13.1 Å². The third-order valence-electron chi connectivity index (χ3n) is 3.36. The minimum atomic E-state index is 0.629. The predicted molar refractivity (Wildman–Crippen MR) is 81.1 cm³/mol. The number of unbranched alkanes of at least 4 members (excludes halogenated alkanes) is 2. The SMILES string of the molecule is CCCCN(CCCC)c1cc(C)ccc1CN. The van der Waals surface area contributed by atoms with Crippen molar-refractivity contribution in [2.75, 3.05) is 18.0 Å². The average Bonchev–Trinajstić information content (AvgIpc) is 2.39. The van der Waals surface area contributed by atoms with Crippen molar-refractivity contribution in [3.8, 4) is 0 Å². The Morgan fingerprint density at radius 3 is 2.17 bits per heavy atom. The lowest BCUT2D eigenvalue weighted by Gasteiger charge is -2.27. The van der Waals surface area contributed by atoms with Gasteiger partial charge in [0, 0.05) is 25.3 Å². The van der Waals surface area contributed by atoms with Gasteiger partial charge in [-0.3, -0.25) is 0 Å². The average molecular weight is 248 g/mol. The van der Waals surface area contributed by atoms with Crippen LogP contribution in [0.3, 0.4) is 0 Å². The first-order chi connectivity index (χ1) is 8.72. The first kappa shape index (κ1) is 15.0. The fraction of sp³-hybridized carbons (Fsp3) is 0.625. The molecule has 2 nitrogen and oxygen atoms in total. The molecule has 0 bridgehead atoms. The van der Waals surface area contributed by atoms with Gasteiger partial charge in [-0.15, -0.1) is 0 Å². The minimum Gasteiger partial charge on any atom is -0.371 e. The van der Waals surface area contributed by atoms with Crippen LogP contribution in [-0.2, 0) is 6.54 Å². The van der Waals surface area contributed by atoms with E-state index in [1.807, 2.05) is 0 Å². The van der Waals surface area contributed by atoms with Crippen molar-refractivity contribution < 1.29 is 0 Å². The van der Waals surface area contributed by atoms with Crippen LogP contribution in [0.15, 0.2) is 18.2 Å². The Morgan fingerprint density at radius 2 is 1.67 bits per heavy atom. The Labute approximate surface area is 112 Å². The summed E-state index contributed by atoms with van der Waals surface area (Å²) in [5.74, 6) is 0. The first-order valence-corrected chi connectivity index (χ1v) is 7.27. The van der Waals surface area contributed by atoms with Gasteiger partial charge in [0.25, 0.3) is 0 Å². The fourth-order valence-corrected chi connectivity index (χ4v) is 2.19. The molecular weight excluding hydrogens is 220 g/mol. The Balaban J connectivity index is 2.90. The van der Waals surface area contributed by atoms with Crippen molar-refractivity contribution in [1.29, 1.82) is 0 Å². The zero-order chi connectivity index (χ0) is 13.4. The van der Waals surface area contributed by atoms with Crippen molar-refractivity contribution in [2.24, 2.45) is 5.73 Å². The van der Waals surface area contributed by atoms with E-state index in [2.05, 4.69) is 43.9 Å². The maximum absolute atomic E-state index is 5.87. The van der Waals surface area contributed by atoms with Crippen LogP contribution in [0.2, 0.25) is 0 Å². The molecule has 2 heteroatoms. The summed E-state index contributed by atoms with van der Waals surface area (Å²) >= 11 is 0. The van der Waals surface area contributed by atoms with Crippen LogP contribution in [0.5, 0.6) is 0 Å². The molecule has 0 atom stereocenters. The number of hydrogen-bond acceptors (Lipinski definition) is 2. The highest BCUT2D eigenvalue weighted by molar-refractivity contribution is 5.55. The van der Waals surface area contributed by atoms with Gasteiger partial charge >= 0.3 is 0 Å². The summed E-state index contributed by atoms with van der Waals surface area (Å²) < 4.78 is 0. The first-order valence-electron chi connectivity index (χ1n) is 7.27. The largest absolute Gasteiger partial charge is 0.371 e. The van der Waals surface area contributed by atoms with Gasteiger partial charge in [-0.1, -0.05) is 38.8 Å². The van der Waals surface area contributed by atoms with Gasteiger partial charge < -0.3 is 10.6 Å². The molecule has 0 aliphatic carbocycles. The molecule has 102 valence electrons. The summed E-state index contributed by atoms with van der Waals surface area (Å²) in [5.41, 5.74) is 9.81. The second kappa shape index (κ2) is 8.15. The van der Waals surface area contributed by atoms with Gasteiger partial charge in [0.1, 0.15) is 0 Å². The number of anilines is 1. The molecule has 0 aromatic heterocycles. The molecule has 2 N–H and O–H groups in total. The van der Waals surface area contributed by atoms with Crippen LogP contribution in [0.4, 0.5) is 5.69 Å². The number of rotatable bonds is 8. The van der Waals surface area contributed by atoms with E-state index in [0.29, 0.717) is 6.54 Å². The molecule has 0 saturated carbocycles. The van der Waals surface area contributed by atoms with Crippen LogP contribution in [0.1, 0.15) is 50.7 Å². The Morgan fingerprint density at radius 1 is 1.06 bits per heavy atom. The molecule has 1 rings (SSSR count). The smallest absolute Gasteiger partial charge is 0.0414 e. The summed E-state index contributed by atoms with van der Waals surface area (Å²) in [6.07, 6.45) is 4.99. The van der Waals surface area contributed by atoms with E-state index >= 15 is 0 Å². The van der Waals surface area contributed by atoms with Crippen molar-refractivity contribution in [3.05, 3.63) is 29.3 Å². The number of nitrogens with two attached hydrogens (primary N) is 1. The van der Waals surface area contributed by atoms with Gasteiger partial charge in [-0.2, -0.15) is 0 Å². The third-order valence-corrected chi connectivity index (χ3v) is 3.36. The van der Waals surface area contributed by atoms with Gasteiger partial charge in [-0.05, 0) is 37.0 Å². The van der Waals surface area contributed by atoms with Gasteiger partial charge in [0.15, 0.2) is 0 Å². The molecule has 1 aromatic carbocycles. The molecule has 1 aromatic rings. The van der Waals surface area contributed by atoms with E-state index in [-0.39, 0.29) is 0 Å². The van der Waals surface area contributed by atoms with Crippen LogP contribution < -0.4 is 10.6 Å². The van der Waals surface area contributed by atoms with Crippen molar-refractivity contribution in [3.63, 3.8) is 0 Å². The van der Waals surface area contributed by atoms with E-state index in [9.17, 15) is 0 Å². The highest BCUT2D eigenvalue weighted by Crippen LogP contribution is 2.23. The Hall–Kier alpha value is -1.02. The number of aryl methyl sites for hydroxylation is 1. The number of benzene rings is 1. The van der Waals surface area contributed by atoms with Crippen molar-refractivity contribution in [1.82, 2.24) is 0 Å². The summed E-state index contributed by atoms with van der Waals surface area (Å²) in [5, 5.41) is 0. The zero-order valence-corrected chi connectivity index (χ0v) is 12.2. The van der Waals surface area contributed by atoms with Gasteiger partial charge in [0.2, 0.25) is 0 Å². The third kappa shape index (κ3) is 4.34. The monoisotopic (exact) mass is 248 g/mol. The molecule has 0 unspecified atom stereocenters. The lowest BCUT2D eigenvalue weighted by atomic mass is 10.1. The molecule has 0 amide bonds. The molecule has 0 aliphatic rings. The topological polar surface area (TPSA) is 29.3 Å². The second-order valence-electron chi connectivity index (χ2n) is 5.03. The van der Waals surface area contributed by atoms with Crippen LogP contribution in [0, 0.1) is 6.92 Å². The summed E-state index contributed by atoms with van der Waals surface area (Å²) in [6, 6.07) is 6.62. The maximum Gasteiger partial charge on any atom is 0.0414 e. The zero-order valence-electron chi connectivity index (χ0n) is 12.2. The van der Waals surface area contributed by atoms with Crippen molar-refractivity contribution in [2.45, 2.75) is 53.0 Å². The molecule has 0 heterocycles. The predicted octanol–water partition coefficient (Wildman–Crippen LogP) is 3.86. The van der Waals surface area contributed by atoms with E-state index in [1.54, 1.807) is 0 Å². The normalized spacial score (nSPS) is 10.7. The highest BCUT2D eigenvalue weighted by Gasteiger charge is 2.10. The van der Waals surface area contributed by atoms with Crippen molar-refractivity contribution >= 4 is 5.69 Å². The fourth-order valence-electron chi connectivity index (χ4n) is 2.19. The van der Waals surface area contributed by atoms with Gasteiger partial charge in [0.05, 0.1) is 0 Å². The van der Waals surface area contributed by atoms with E-state index in [4.69, 9.17) is 5.73 Å². The lowest BCUT2D eigenvalue weighted by molar-refractivity contribution is 0.675. The van der Waals surface area contributed by atoms with Crippen LogP contribution in [0.25, 0.3) is 0 Å². The van der Waals surface area contributed by atoms with E-state index in [0.717, 1.165) is 13.1 Å². The standard InChI is InChI=1S/C16H28N2/c1-4-6-10-18(11-7-5-2)16-12-14(3)8-9-15(16)13-17/h8-9,12H,4-7,10-11,13,17H2,1-3H3. The van der Waals surface area contributed by atoms with E-state index in [1.165, 1.54) is 42.5 Å². The molecular formula is C16H28N2. The highest BCUT2D eigenvalue weighted by atomic mass is 15.1. The lowest BCUT2D eigenvalue weighted by Crippen LogP contribution is -2.27. The molecule has 0 fully saturated rings. The van der Waals surface area contributed by atoms with Crippen LogP contribution >= 0.6 is 0 Å². The molecule has 0 aliphatic heterocycles. The summed E-state index contributed by atoms with van der Waals surface area (Å²) in [6.45, 7) is 9.57. The quantitative estimate of drug-likeness (QED) is 0.757. The number of nitrogens with zero attached hydrogens (tertiary/aromatic N) is 1. The Kier molecular flexibility index (Phi) is 6.81. The summed E-state index contributed by atoms with van der Waals surface area (Å²) in [4.78, 5) is 2.52. The van der Waals surface area contributed by atoms with E-state index < -0.39 is 0 Å².